The molecule has 0 radical (unpaired) electrons. The molecule has 2 fully saturated rings. The molecule has 2 saturated carbocycles. The molecular formula is C25H27N5O3S. The van der Waals surface area contributed by atoms with Gasteiger partial charge in [-0.25, -0.2) is 0 Å². The Kier molecular flexibility index (Phi) is 6.28. The highest BCUT2D eigenvalue weighted by molar-refractivity contribution is 8.00. The standard InChI is InChI=1S/C25H27N5O3S/c1-15(34-25-29-28-22(16-7-8-16)30(25)19-13-14-19)23(31)26-18-11-9-17(10-12-18)24(32)27-20-5-3-4-6-21(20)33-2/h3-6,9-12,15-16,19H,7-8,13-14H2,1-2H3,(H,26,31)(H,27,32). The number of hydrogen-bond acceptors (Lipinski definition) is 6. The molecule has 2 N–H and O–H groups in total. The van der Waals surface area contributed by atoms with Crippen molar-refractivity contribution >= 4 is 35.0 Å². The molecule has 1 unspecified atom stereocenters. The van der Waals surface area contributed by atoms with E-state index in [0.717, 1.165) is 23.8 Å². The monoisotopic (exact) mass is 477 g/mol. The first-order valence-corrected chi connectivity index (χ1v) is 12.4. The van der Waals surface area contributed by atoms with Gasteiger partial charge in [-0.2, -0.15) is 0 Å². The Hall–Kier alpha value is -3.33. The first-order valence-electron chi connectivity index (χ1n) is 11.5. The van der Waals surface area contributed by atoms with Crippen molar-refractivity contribution in [2.24, 2.45) is 0 Å². The second-order valence-electron chi connectivity index (χ2n) is 8.70. The van der Waals surface area contributed by atoms with E-state index in [0.29, 0.717) is 34.6 Å². The first-order chi connectivity index (χ1) is 16.5. The number of anilines is 2. The molecular weight excluding hydrogens is 450 g/mol. The molecule has 0 saturated heterocycles. The summed E-state index contributed by atoms with van der Waals surface area (Å²) in [6.07, 6.45) is 4.67. The van der Waals surface area contributed by atoms with E-state index in [-0.39, 0.29) is 17.1 Å². The SMILES string of the molecule is COc1ccccc1NC(=O)c1ccc(NC(=O)C(C)Sc2nnc(C3CC3)n2C2CC2)cc1. The molecule has 176 valence electrons. The van der Waals surface area contributed by atoms with Crippen molar-refractivity contribution in [3.05, 3.63) is 59.9 Å². The summed E-state index contributed by atoms with van der Waals surface area (Å²) in [7, 11) is 1.56. The van der Waals surface area contributed by atoms with E-state index in [1.807, 2.05) is 19.1 Å². The van der Waals surface area contributed by atoms with Crippen LogP contribution >= 0.6 is 11.8 Å². The summed E-state index contributed by atoms with van der Waals surface area (Å²) in [5, 5.41) is 15.1. The third-order valence-corrected chi connectivity index (χ3v) is 7.02. The summed E-state index contributed by atoms with van der Waals surface area (Å²) >= 11 is 1.45. The van der Waals surface area contributed by atoms with Crippen LogP contribution in [0, 0.1) is 0 Å². The number of thioether (sulfide) groups is 1. The van der Waals surface area contributed by atoms with Gasteiger partial charge in [-0.3, -0.25) is 9.59 Å². The molecule has 1 aromatic heterocycles. The molecule has 3 aromatic rings. The normalized spacial score (nSPS) is 16.1. The molecule has 1 heterocycles. The molecule has 0 spiro atoms. The molecule has 34 heavy (non-hydrogen) atoms. The van der Waals surface area contributed by atoms with Gasteiger partial charge < -0.3 is 19.9 Å². The van der Waals surface area contributed by atoms with Crippen LogP contribution in [-0.2, 0) is 4.79 Å². The lowest BCUT2D eigenvalue weighted by molar-refractivity contribution is -0.115. The van der Waals surface area contributed by atoms with Crippen LogP contribution in [0.3, 0.4) is 0 Å². The summed E-state index contributed by atoms with van der Waals surface area (Å²) in [5.41, 5.74) is 1.72. The van der Waals surface area contributed by atoms with Gasteiger partial charge >= 0.3 is 0 Å². The van der Waals surface area contributed by atoms with E-state index < -0.39 is 0 Å². The fourth-order valence-electron chi connectivity index (χ4n) is 3.77. The van der Waals surface area contributed by atoms with Gasteiger partial charge in [-0.15, -0.1) is 10.2 Å². The minimum absolute atomic E-state index is 0.116. The third kappa shape index (κ3) is 4.94. The Morgan fingerprint density at radius 2 is 1.76 bits per heavy atom. The quantitative estimate of drug-likeness (QED) is 0.427. The Labute approximate surface area is 202 Å². The van der Waals surface area contributed by atoms with Crippen LogP contribution in [-0.4, -0.2) is 38.9 Å². The van der Waals surface area contributed by atoms with E-state index >= 15 is 0 Å². The number of amides is 2. The van der Waals surface area contributed by atoms with Gasteiger partial charge in [-0.05, 0) is 69.0 Å². The Morgan fingerprint density at radius 1 is 1.03 bits per heavy atom. The molecule has 0 aliphatic heterocycles. The Balaban J connectivity index is 1.19. The van der Waals surface area contributed by atoms with Crippen molar-refractivity contribution in [2.45, 2.75) is 55.0 Å². The highest BCUT2D eigenvalue weighted by Gasteiger charge is 2.37. The summed E-state index contributed by atoms with van der Waals surface area (Å²) in [4.78, 5) is 25.4. The van der Waals surface area contributed by atoms with Crippen molar-refractivity contribution in [2.75, 3.05) is 17.7 Å². The number of hydrogen-bond donors (Lipinski definition) is 2. The van der Waals surface area contributed by atoms with Crippen LogP contribution in [0.1, 0.15) is 60.7 Å². The van der Waals surface area contributed by atoms with Gasteiger partial charge in [0.2, 0.25) is 5.91 Å². The summed E-state index contributed by atoms with van der Waals surface area (Å²) < 4.78 is 7.53. The Bertz CT molecular complexity index is 1200. The van der Waals surface area contributed by atoms with Gasteiger partial charge in [0.15, 0.2) is 5.16 Å². The molecule has 8 nitrogen and oxygen atoms in total. The van der Waals surface area contributed by atoms with E-state index in [1.165, 1.54) is 24.6 Å². The highest BCUT2D eigenvalue weighted by atomic mass is 32.2. The minimum atomic E-state index is -0.331. The molecule has 5 rings (SSSR count). The predicted octanol–water partition coefficient (Wildman–Crippen LogP) is 4.87. The summed E-state index contributed by atoms with van der Waals surface area (Å²) in [6.45, 7) is 1.87. The van der Waals surface area contributed by atoms with Crippen LogP contribution in [0.5, 0.6) is 5.75 Å². The van der Waals surface area contributed by atoms with Gasteiger partial charge in [0.05, 0.1) is 18.0 Å². The smallest absolute Gasteiger partial charge is 0.255 e. The number of rotatable bonds is 9. The lowest BCUT2D eigenvalue weighted by Crippen LogP contribution is -2.23. The zero-order chi connectivity index (χ0) is 23.7. The van der Waals surface area contributed by atoms with Crippen molar-refractivity contribution in [1.29, 1.82) is 0 Å². The second kappa shape index (κ2) is 9.50. The average molecular weight is 478 g/mol. The minimum Gasteiger partial charge on any atom is -0.495 e. The van der Waals surface area contributed by atoms with Crippen molar-refractivity contribution < 1.29 is 14.3 Å². The largest absolute Gasteiger partial charge is 0.495 e. The van der Waals surface area contributed by atoms with Crippen molar-refractivity contribution in [3.8, 4) is 5.75 Å². The summed E-state index contributed by atoms with van der Waals surface area (Å²) in [5.74, 6) is 1.84. The first kappa shape index (κ1) is 22.5. The number of nitrogens with one attached hydrogen (secondary N) is 2. The highest BCUT2D eigenvalue weighted by Crippen LogP contribution is 2.46. The van der Waals surface area contributed by atoms with Gasteiger partial charge in [0.25, 0.3) is 5.91 Å². The number of carbonyl (C=O) groups is 2. The maximum absolute atomic E-state index is 12.8. The summed E-state index contributed by atoms with van der Waals surface area (Å²) in [6, 6.07) is 14.5. The number of methoxy groups -OCH3 is 1. The Morgan fingerprint density at radius 3 is 2.44 bits per heavy atom. The fraction of sp³-hybridized carbons (Fsp3) is 0.360. The zero-order valence-corrected chi connectivity index (χ0v) is 20.0. The predicted molar refractivity (Wildman–Crippen MR) is 132 cm³/mol. The van der Waals surface area contributed by atoms with E-state index in [9.17, 15) is 9.59 Å². The van der Waals surface area contributed by atoms with E-state index in [1.54, 1.807) is 43.5 Å². The lowest BCUT2D eigenvalue weighted by atomic mass is 10.2. The molecule has 9 heteroatoms. The number of ether oxygens (including phenoxy) is 1. The number of para-hydroxylation sites is 2. The maximum Gasteiger partial charge on any atom is 0.255 e. The van der Waals surface area contributed by atoms with Crippen LogP contribution in [0.15, 0.2) is 53.7 Å². The number of carbonyl (C=O) groups excluding carboxylic acids is 2. The van der Waals surface area contributed by atoms with Gasteiger partial charge in [0, 0.05) is 23.2 Å². The van der Waals surface area contributed by atoms with Crippen molar-refractivity contribution in [3.63, 3.8) is 0 Å². The lowest BCUT2D eigenvalue weighted by Gasteiger charge is -2.14. The topological polar surface area (TPSA) is 98.1 Å². The van der Waals surface area contributed by atoms with Gasteiger partial charge in [0.1, 0.15) is 11.6 Å². The van der Waals surface area contributed by atoms with E-state index in [4.69, 9.17) is 4.74 Å². The molecule has 2 aromatic carbocycles. The van der Waals surface area contributed by atoms with Crippen LogP contribution < -0.4 is 15.4 Å². The second-order valence-corrected chi connectivity index (χ2v) is 10.0. The molecule has 2 aliphatic rings. The van der Waals surface area contributed by atoms with Crippen molar-refractivity contribution in [1.82, 2.24) is 14.8 Å². The van der Waals surface area contributed by atoms with Crippen LogP contribution in [0.25, 0.3) is 0 Å². The molecule has 2 aliphatic carbocycles. The van der Waals surface area contributed by atoms with Crippen LogP contribution in [0.4, 0.5) is 11.4 Å². The fourth-order valence-corrected chi connectivity index (χ4v) is 4.69. The van der Waals surface area contributed by atoms with Gasteiger partial charge in [-0.1, -0.05) is 23.9 Å². The molecule has 0 bridgehead atoms. The third-order valence-electron chi connectivity index (χ3n) is 5.97. The van der Waals surface area contributed by atoms with Crippen LogP contribution in [0.2, 0.25) is 0 Å². The zero-order valence-electron chi connectivity index (χ0n) is 19.2. The average Bonchev–Trinajstić information content (AvgIpc) is 3.78. The molecule has 2 amide bonds. The van der Waals surface area contributed by atoms with E-state index in [2.05, 4.69) is 25.4 Å². The maximum atomic E-state index is 12.8. The molecule has 1 atom stereocenters. The number of nitrogens with zero attached hydrogens (tertiary/aromatic N) is 3. The number of aromatic nitrogens is 3. The number of benzene rings is 2.